The van der Waals surface area contributed by atoms with Crippen LogP contribution in [0.3, 0.4) is 0 Å². The normalized spacial score (nSPS) is 17.3. The fourth-order valence-electron chi connectivity index (χ4n) is 1.79. The average Bonchev–Trinajstić information content (AvgIpc) is 2.43. The van der Waals surface area contributed by atoms with Crippen LogP contribution >= 0.6 is 20.4 Å². The molecule has 0 saturated heterocycles. The van der Waals surface area contributed by atoms with Crippen LogP contribution in [-0.4, -0.2) is 16.9 Å². The molecule has 0 unspecified atom stereocenters. The molecule has 2 rings (SSSR count). The van der Waals surface area contributed by atoms with Crippen molar-refractivity contribution >= 4 is 20.4 Å². The van der Waals surface area contributed by atoms with Crippen LogP contribution in [0.5, 0.6) is 0 Å². The number of hydrogen-bond donors (Lipinski definition) is 0. The van der Waals surface area contributed by atoms with E-state index in [1.165, 1.54) is 11.1 Å². The molecule has 1 aromatic rings. The number of hydrogen-bond acceptors (Lipinski definition) is 1. The second kappa shape index (κ2) is 3.53. The van der Waals surface area contributed by atoms with Gasteiger partial charge in [-0.15, -0.1) is 0 Å². The van der Waals surface area contributed by atoms with Gasteiger partial charge in [0.1, 0.15) is 0 Å². The molecule has 3 heteroatoms. The Morgan fingerprint density at radius 1 is 1.38 bits per heavy atom. The fraction of sp³-hybridized carbons (Fsp3) is 0.400. The summed E-state index contributed by atoms with van der Waals surface area (Å²) in [5, 5.41) is 0. The van der Waals surface area contributed by atoms with Crippen molar-refractivity contribution in [3.05, 3.63) is 32.9 Å². The second-order valence-electron chi connectivity index (χ2n) is 3.45. The minimum atomic E-state index is -2.29. The SMILES string of the molecule is CN1Cc2cccc(I(C)F)c2C1. The second-order valence-corrected chi connectivity index (χ2v) is 6.92. The third-order valence-electron chi connectivity index (χ3n) is 2.36. The number of halogens is 2. The molecule has 1 heterocycles. The molecule has 13 heavy (non-hydrogen) atoms. The number of fused-ring (bicyclic) bond motifs is 1. The van der Waals surface area contributed by atoms with E-state index in [0.717, 1.165) is 16.7 Å². The van der Waals surface area contributed by atoms with Crippen LogP contribution in [0.25, 0.3) is 0 Å². The Morgan fingerprint density at radius 2 is 2.15 bits per heavy atom. The summed E-state index contributed by atoms with van der Waals surface area (Å²) in [5.41, 5.74) is 2.59. The summed E-state index contributed by atoms with van der Waals surface area (Å²) in [6.07, 6.45) is 0. The molecule has 1 aliphatic rings. The van der Waals surface area contributed by atoms with Crippen LogP contribution in [0.15, 0.2) is 18.2 Å². The number of rotatable bonds is 1. The van der Waals surface area contributed by atoms with Gasteiger partial charge >= 0.3 is 86.1 Å². The molecular weight excluding hydrogens is 280 g/mol. The van der Waals surface area contributed by atoms with E-state index in [1.54, 1.807) is 4.93 Å². The van der Waals surface area contributed by atoms with Crippen molar-refractivity contribution in [2.75, 3.05) is 12.0 Å². The Hall–Kier alpha value is -0.160. The number of benzene rings is 1. The third-order valence-corrected chi connectivity index (χ3v) is 4.98. The quantitative estimate of drug-likeness (QED) is 0.568. The van der Waals surface area contributed by atoms with Crippen molar-refractivity contribution in [2.24, 2.45) is 0 Å². The molecule has 72 valence electrons. The molecule has 1 aliphatic heterocycles. The van der Waals surface area contributed by atoms with Crippen LogP contribution in [0.2, 0.25) is 0 Å². The Bertz CT molecular complexity index is 325. The summed E-state index contributed by atoms with van der Waals surface area (Å²) in [7, 11) is 2.08. The van der Waals surface area contributed by atoms with Crippen LogP contribution in [0, 0.1) is 3.57 Å². The molecule has 0 aromatic heterocycles. The summed E-state index contributed by atoms with van der Waals surface area (Å²) in [4.78, 5) is 3.99. The van der Waals surface area contributed by atoms with Gasteiger partial charge in [-0.3, -0.25) is 0 Å². The first kappa shape index (κ1) is 9.40. The molecule has 1 nitrogen and oxygen atoms in total. The zero-order chi connectivity index (χ0) is 9.42. The maximum absolute atomic E-state index is 13.4. The van der Waals surface area contributed by atoms with Gasteiger partial charge in [0.15, 0.2) is 0 Å². The summed E-state index contributed by atoms with van der Waals surface area (Å²) in [6, 6.07) is 6.06. The summed E-state index contributed by atoms with van der Waals surface area (Å²) in [6.45, 7) is 1.91. The molecule has 0 radical (unpaired) electrons. The molecular formula is C10H13FIN. The van der Waals surface area contributed by atoms with Crippen molar-refractivity contribution in [1.82, 2.24) is 4.90 Å². The van der Waals surface area contributed by atoms with Gasteiger partial charge in [0.25, 0.3) is 0 Å². The van der Waals surface area contributed by atoms with Gasteiger partial charge in [-0.1, -0.05) is 0 Å². The minimum absolute atomic E-state index is 0.928. The van der Waals surface area contributed by atoms with Crippen LogP contribution in [0.4, 0.5) is 2.86 Å². The zero-order valence-corrected chi connectivity index (χ0v) is 10.0. The Kier molecular flexibility index (Phi) is 2.55. The van der Waals surface area contributed by atoms with E-state index >= 15 is 0 Å². The first-order valence-electron chi connectivity index (χ1n) is 4.24. The van der Waals surface area contributed by atoms with Gasteiger partial charge in [0.2, 0.25) is 0 Å². The van der Waals surface area contributed by atoms with E-state index in [2.05, 4.69) is 18.0 Å². The van der Waals surface area contributed by atoms with Gasteiger partial charge in [-0.2, -0.15) is 0 Å². The Balaban J connectivity index is 2.45. The van der Waals surface area contributed by atoms with Gasteiger partial charge in [0, 0.05) is 0 Å². The maximum atomic E-state index is 13.4. The predicted octanol–water partition coefficient (Wildman–Crippen LogP) is 2.82. The van der Waals surface area contributed by atoms with Crippen molar-refractivity contribution < 1.29 is 2.86 Å². The van der Waals surface area contributed by atoms with E-state index in [-0.39, 0.29) is 0 Å². The Labute approximate surface area is 86.1 Å². The molecule has 0 saturated carbocycles. The fourth-order valence-corrected chi connectivity index (χ4v) is 3.91. The van der Waals surface area contributed by atoms with Crippen molar-refractivity contribution in [1.29, 1.82) is 0 Å². The van der Waals surface area contributed by atoms with Gasteiger partial charge in [-0.25, -0.2) is 0 Å². The van der Waals surface area contributed by atoms with E-state index in [1.807, 2.05) is 12.1 Å². The first-order valence-corrected chi connectivity index (χ1v) is 8.29. The summed E-state index contributed by atoms with van der Waals surface area (Å²) >= 11 is -2.29. The van der Waals surface area contributed by atoms with Gasteiger partial charge < -0.3 is 0 Å². The number of alkyl halides is 1. The van der Waals surface area contributed by atoms with Crippen LogP contribution in [0.1, 0.15) is 11.1 Å². The molecule has 0 N–H and O–H groups in total. The van der Waals surface area contributed by atoms with Crippen molar-refractivity contribution in [3.63, 3.8) is 0 Å². The summed E-state index contributed by atoms with van der Waals surface area (Å²) < 4.78 is 14.4. The third kappa shape index (κ3) is 1.72. The molecule has 0 fully saturated rings. The van der Waals surface area contributed by atoms with Gasteiger partial charge in [0.05, 0.1) is 0 Å². The summed E-state index contributed by atoms with van der Waals surface area (Å²) in [5.74, 6) is 0. The Morgan fingerprint density at radius 3 is 2.85 bits per heavy atom. The van der Waals surface area contributed by atoms with E-state index in [9.17, 15) is 2.86 Å². The molecule has 0 aliphatic carbocycles. The van der Waals surface area contributed by atoms with Gasteiger partial charge in [-0.05, 0) is 0 Å². The predicted molar refractivity (Wildman–Crippen MR) is 61.4 cm³/mol. The zero-order valence-electron chi connectivity index (χ0n) is 7.85. The first-order chi connectivity index (χ1) is 6.18. The topological polar surface area (TPSA) is 3.24 Å². The van der Waals surface area contributed by atoms with E-state index in [4.69, 9.17) is 0 Å². The molecule has 0 bridgehead atoms. The number of nitrogens with zero attached hydrogens (tertiary/aromatic N) is 1. The van der Waals surface area contributed by atoms with Crippen molar-refractivity contribution in [3.8, 4) is 0 Å². The van der Waals surface area contributed by atoms with Crippen LogP contribution < -0.4 is 0 Å². The molecule has 0 spiro atoms. The average molecular weight is 293 g/mol. The van der Waals surface area contributed by atoms with E-state index < -0.39 is 20.4 Å². The standard InChI is InChI=1S/C10H13FIN/c1-12(11)10-5-3-4-8-6-13(2)7-9(8)10/h3-5H,6-7H2,1-2H3. The van der Waals surface area contributed by atoms with Crippen LogP contribution in [-0.2, 0) is 13.1 Å². The monoisotopic (exact) mass is 293 g/mol. The van der Waals surface area contributed by atoms with Crippen molar-refractivity contribution in [2.45, 2.75) is 13.1 Å². The molecule has 0 atom stereocenters. The molecule has 0 amide bonds. The molecule has 1 aromatic carbocycles. The van der Waals surface area contributed by atoms with E-state index in [0.29, 0.717) is 0 Å².